The molecule has 0 radical (unpaired) electrons. The molecule has 2 aromatic heterocycles. The highest BCUT2D eigenvalue weighted by Crippen LogP contribution is 2.53. The zero-order valence-corrected chi connectivity index (χ0v) is 27.8. The fourth-order valence-electron chi connectivity index (χ4n) is 9.04. The van der Waals surface area contributed by atoms with Gasteiger partial charge in [0.05, 0.1) is 22.2 Å². The summed E-state index contributed by atoms with van der Waals surface area (Å²) in [5.74, 6) is 0.661. The standard InChI is InChI=1S/C47H31N3/c1-27-29-14-4-5-16-32(29)42-33-17-6-7-18-34(33)43-36-20-10-13-23-40(36)50(45(43)41(27)42)46-48-39-22-12-9-19-35(39)44(49-46)28-24-25-31-30-15-8-11-21-37(30)47(2,3)38(31)26-28/h4-26H,1H2,2-3H3. The summed E-state index contributed by atoms with van der Waals surface area (Å²) >= 11 is 0. The van der Waals surface area contributed by atoms with Crippen molar-refractivity contribution in [3.63, 3.8) is 0 Å². The molecule has 2 aliphatic carbocycles. The Morgan fingerprint density at radius 2 is 1.18 bits per heavy atom. The molecule has 7 aromatic carbocycles. The number of fused-ring (bicyclic) bond motifs is 14. The molecule has 9 aromatic rings. The van der Waals surface area contributed by atoms with Gasteiger partial charge in [-0.05, 0) is 67.9 Å². The van der Waals surface area contributed by atoms with Crippen molar-refractivity contribution in [3.05, 3.63) is 168 Å². The summed E-state index contributed by atoms with van der Waals surface area (Å²) in [5.41, 5.74) is 16.2. The highest BCUT2D eigenvalue weighted by atomic mass is 15.2. The lowest BCUT2D eigenvalue weighted by molar-refractivity contribution is 0.660. The fourth-order valence-corrected chi connectivity index (χ4v) is 9.04. The van der Waals surface area contributed by atoms with Crippen LogP contribution >= 0.6 is 0 Å². The third-order valence-electron chi connectivity index (χ3n) is 11.3. The number of nitrogens with zero attached hydrogens (tertiary/aromatic N) is 3. The summed E-state index contributed by atoms with van der Waals surface area (Å²) < 4.78 is 2.30. The van der Waals surface area contributed by atoms with Gasteiger partial charge in [0.25, 0.3) is 0 Å². The van der Waals surface area contributed by atoms with E-state index in [1.807, 2.05) is 0 Å². The van der Waals surface area contributed by atoms with Crippen molar-refractivity contribution in [1.29, 1.82) is 0 Å². The van der Waals surface area contributed by atoms with Crippen LogP contribution in [0, 0.1) is 0 Å². The third kappa shape index (κ3) is 3.44. The fraction of sp³-hybridized carbons (Fsp3) is 0.0638. The molecule has 3 heteroatoms. The quantitative estimate of drug-likeness (QED) is 0.189. The molecule has 50 heavy (non-hydrogen) atoms. The Bertz CT molecular complexity index is 2980. The summed E-state index contributed by atoms with van der Waals surface area (Å²) in [6.07, 6.45) is 0. The molecule has 3 nitrogen and oxygen atoms in total. The minimum absolute atomic E-state index is 0.114. The Hall–Kier alpha value is -6.32. The molecule has 234 valence electrons. The van der Waals surface area contributed by atoms with E-state index in [2.05, 4.69) is 158 Å². The zero-order valence-electron chi connectivity index (χ0n) is 27.8. The molecule has 0 bridgehead atoms. The first-order valence-corrected chi connectivity index (χ1v) is 17.3. The number of rotatable bonds is 2. The van der Waals surface area contributed by atoms with Crippen LogP contribution in [0.1, 0.15) is 36.1 Å². The van der Waals surface area contributed by atoms with E-state index in [0.29, 0.717) is 5.95 Å². The topological polar surface area (TPSA) is 30.7 Å². The van der Waals surface area contributed by atoms with Gasteiger partial charge in [0, 0.05) is 38.3 Å². The van der Waals surface area contributed by atoms with Gasteiger partial charge in [-0.1, -0.05) is 142 Å². The first-order chi connectivity index (χ1) is 24.5. The molecule has 0 spiro atoms. The monoisotopic (exact) mass is 637 g/mol. The van der Waals surface area contributed by atoms with E-state index in [1.165, 1.54) is 60.5 Å². The van der Waals surface area contributed by atoms with Crippen LogP contribution in [0.2, 0.25) is 0 Å². The first kappa shape index (κ1) is 27.6. The average Bonchev–Trinajstić information content (AvgIpc) is 3.74. The highest BCUT2D eigenvalue weighted by molar-refractivity contribution is 6.30. The predicted molar refractivity (Wildman–Crippen MR) is 208 cm³/mol. The Morgan fingerprint density at radius 3 is 2.02 bits per heavy atom. The van der Waals surface area contributed by atoms with E-state index in [1.54, 1.807) is 0 Å². The summed E-state index contributed by atoms with van der Waals surface area (Å²) in [5, 5.41) is 5.89. The molecule has 0 unspecified atom stereocenters. The first-order valence-electron chi connectivity index (χ1n) is 17.3. The lowest BCUT2D eigenvalue weighted by atomic mass is 9.82. The van der Waals surface area contributed by atoms with Gasteiger partial charge in [0.15, 0.2) is 0 Å². The van der Waals surface area contributed by atoms with Crippen LogP contribution in [0.3, 0.4) is 0 Å². The minimum atomic E-state index is -0.114. The van der Waals surface area contributed by atoms with Gasteiger partial charge in [0.1, 0.15) is 0 Å². The molecule has 0 saturated heterocycles. The molecule has 2 heterocycles. The average molecular weight is 638 g/mol. The molecule has 2 aliphatic rings. The molecule has 0 amide bonds. The van der Waals surface area contributed by atoms with Crippen LogP contribution in [0.15, 0.2) is 146 Å². The summed E-state index contributed by atoms with van der Waals surface area (Å²) in [7, 11) is 0. The smallest absolute Gasteiger partial charge is 0.235 e. The maximum absolute atomic E-state index is 5.54. The number of aromatic nitrogens is 3. The van der Waals surface area contributed by atoms with Crippen LogP contribution in [0.4, 0.5) is 0 Å². The predicted octanol–water partition coefficient (Wildman–Crippen LogP) is 11.9. The lowest BCUT2D eigenvalue weighted by Crippen LogP contribution is -2.15. The van der Waals surface area contributed by atoms with Gasteiger partial charge >= 0.3 is 0 Å². The van der Waals surface area contributed by atoms with Gasteiger partial charge < -0.3 is 0 Å². The molecular formula is C47H31N3. The number of para-hydroxylation sites is 2. The molecule has 0 fully saturated rings. The second kappa shape index (κ2) is 9.64. The van der Waals surface area contributed by atoms with Gasteiger partial charge in [0.2, 0.25) is 5.95 Å². The minimum Gasteiger partial charge on any atom is -0.277 e. The van der Waals surface area contributed by atoms with Gasteiger partial charge in [-0.25, -0.2) is 9.97 Å². The second-order valence-electron chi connectivity index (χ2n) is 14.2. The second-order valence-corrected chi connectivity index (χ2v) is 14.2. The van der Waals surface area contributed by atoms with Crippen LogP contribution in [-0.4, -0.2) is 14.5 Å². The van der Waals surface area contributed by atoms with Crippen molar-refractivity contribution in [1.82, 2.24) is 14.5 Å². The molecular weight excluding hydrogens is 607 g/mol. The molecule has 11 rings (SSSR count). The molecule has 0 atom stereocenters. The molecule has 0 N–H and O–H groups in total. The summed E-state index contributed by atoms with van der Waals surface area (Å²) in [6.45, 7) is 9.39. The van der Waals surface area contributed by atoms with Crippen molar-refractivity contribution in [2.75, 3.05) is 0 Å². The van der Waals surface area contributed by atoms with Crippen molar-refractivity contribution >= 4 is 49.1 Å². The van der Waals surface area contributed by atoms with Crippen molar-refractivity contribution in [2.24, 2.45) is 0 Å². The van der Waals surface area contributed by atoms with E-state index in [-0.39, 0.29) is 5.41 Å². The third-order valence-corrected chi connectivity index (χ3v) is 11.3. The van der Waals surface area contributed by atoms with Gasteiger partial charge in [-0.2, -0.15) is 0 Å². The number of hydrogen-bond acceptors (Lipinski definition) is 2. The number of hydrogen-bond donors (Lipinski definition) is 0. The van der Waals surface area contributed by atoms with Crippen molar-refractivity contribution < 1.29 is 0 Å². The lowest BCUT2D eigenvalue weighted by Gasteiger charge is -2.22. The van der Waals surface area contributed by atoms with E-state index in [0.717, 1.165) is 44.3 Å². The van der Waals surface area contributed by atoms with Crippen molar-refractivity contribution in [3.8, 4) is 39.5 Å². The Morgan fingerprint density at radius 1 is 0.540 bits per heavy atom. The SMILES string of the molecule is C=C1c2ccccc2-c2c1c1c(c3ccccc23)c2ccccc2n1-c1nc(-c2ccc3c(c2)C(C)(C)c2ccccc2-3)c2ccccc2n1. The maximum atomic E-state index is 5.54. The van der Waals surface area contributed by atoms with E-state index in [9.17, 15) is 0 Å². The Kier molecular flexibility index (Phi) is 5.33. The summed E-state index contributed by atoms with van der Waals surface area (Å²) in [4.78, 5) is 10.9. The highest BCUT2D eigenvalue weighted by Gasteiger charge is 2.36. The largest absolute Gasteiger partial charge is 0.277 e. The van der Waals surface area contributed by atoms with Crippen LogP contribution in [-0.2, 0) is 5.41 Å². The zero-order chi connectivity index (χ0) is 33.3. The van der Waals surface area contributed by atoms with Gasteiger partial charge in [-0.15, -0.1) is 0 Å². The van der Waals surface area contributed by atoms with Crippen molar-refractivity contribution in [2.45, 2.75) is 19.3 Å². The van der Waals surface area contributed by atoms with Gasteiger partial charge in [-0.3, -0.25) is 4.57 Å². The van der Waals surface area contributed by atoms with E-state index in [4.69, 9.17) is 16.5 Å². The Labute approximate surface area is 289 Å². The van der Waals surface area contributed by atoms with Crippen LogP contribution in [0.5, 0.6) is 0 Å². The molecule has 0 saturated carbocycles. The number of benzene rings is 7. The molecule has 0 aliphatic heterocycles. The van der Waals surface area contributed by atoms with Crippen LogP contribution in [0.25, 0.3) is 88.5 Å². The van der Waals surface area contributed by atoms with Crippen LogP contribution < -0.4 is 0 Å². The summed E-state index contributed by atoms with van der Waals surface area (Å²) in [6, 6.07) is 50.3. The van der Waals surface area contributed by atoms with E-state index >= 15 is 0 Å². The maximum Gasteiger partial charge on any atom is 0.235 e. The van der Waals surface area contributed by atoms with E-state index < -0.39 is 0 Å². The normalized spacial score (nSPS) is 14.0. The Balaban J connectivity index is 1.26.